The van der Waals surface area contributed by atoms with Gasteiger partial charge in [-0.05, 0) is 35.6 Å². The second-order valence-corrected chi connectivity index (χ2v) is 8.16. The molecule has 0 fully saturated rings. The fourth-order valence-corrected chi connectivity index (χ4v) is 4.34. The van der Waals surface area contributed by atoms with Crippen molar-refractivity contribution in [2.24, 2.45) is 0 Å². The number of H-pyrrole nitrogens is 1. The summed E-state index contributed by atoms with van der Waals surface area (Å²) < 4.78 is 44.7. The molecule has 34 heavy (non-hydrogen) atoms. The summed E-state index contributed by atoms with van der Waals surface area (Å²) >= 11 is 0. The van der Waals surface area contributed by atoms with Crippen molar-refractivity contribution < 1.29 is 32.9 Å². The summed E-state index contributed by atoms with van der Waals surface area (Å²) in [5.41, 5.74) is 2.52. The summed E-state index contributed by atoms with van der Waals surface area (Å²) in [5, 5.41) is 28.3. The summed E-state index contributed by atoms with van der Waals surface area (Å²) in [5.74, 6) is -0.115. The van der Waals surface area contributed by atoms with E-state index in [2.05, 4.69) is 15.5 Å². The van der Waals surface area contributed by atoms with Crippen LogP contribution in [0, 0.1) is 6.92 Å². The molecule has 1 aliphatic rings. The number of aliphatic hydroxyl groups is 2. The molecule has 4 N–H and O–H groups in total. The Morgan fingerprint density at radius 3 is 2.29 bits per heavy atom. The molecule has 0 spiro atoms. The van der Waals surface area contributed by atoms with E-state index in [-0.39, 0.29) is 31.2 Å². The maximum absolute atomic E-state index is 13.1. The molecule has 4 rings (SSSR count). The van der Waals surface area contributed by atoms with Gasteiger partial charge in [0, 0.05) is 23.7 Å². The fourth-order valence-electron chi connectivity index (χ4n) is 4.34. The van der Waals surface area contributed by atoms with Gasteiger partial charge in [-0.15, -0.1) is 0 Å². The molecule has 7 nitrogen and oxygen atoms in total. The minimum atomic E-state index is -4.78. The number of nitrogens with one attached hydrogen (secondary N) is 2. The Bertz CT molecular complexity index is 1130. The van der Waals surface area contributed by atoms with Crippen molar-refractivity contribution in [3.63, 3.8) is 0 Å². The molecule has 180 valence electrons. The van der Waals surface area contributed by atoms with E-state index in [1.165, 1.54) is 6.92 Å². The number of hydrogen-bond donors (Lipinski definition) is 4. The number of aliphatic hydroxyl groups excluding tert-OH is 2. The molecular formula is C24H24F3N3O4. The molecule has 0 saturated carbocycles. The van der Waals surface area contributed by atoms with Gasteiger partial charge in [0.05, 0.1) is 6.10 Å². The molecule has 1 amide bonds. The van der Waals surface area contributed by atoms with Gasteiger partial charge in [0.25, 0.3) is 0 Å². The number of aryl methyl sites for hydroxylation is 1. The average molecular weight is 475 g/mol. The zero-order valence-corrected chi connectivity index (χ0v) is 18.3. The Balaban J connectivity index is 1.31. The van der Waals surface area contributed by atoms with Gasteiger partial charge >= 0.3 is 12.3 Å². The summed E-state index contributed by atoms with van der Waals surface area (Å²) in [4.78, 5) is 12.2. The summed E-state index contributed by atoms with van der Waals surface area (Å²) in [6.45, 7) is 1.32. The monoisotopic (exact) mass is 475 g/mol. The Kier molecular flexibility index (Phi) is 6.63. The first-order valence-corrected chi connectivity index (χ1v) is 10.8. The quantitative estimate of drug-likeness (QED) is 0.412. The number of carbonyl (C=O) groups excluding carboxylic acids is 1. The van der Waals surface area contributed by atoms with Gasteiger partial charge in [-0.2, -0.15) is 18.3 Å². The molecule has 2 atom stereocenters. The van der Waals surface area contributed by atoms with Crippen LogP contribution >= 0.6 is 0 Å². The molecule has 0 saturated heterocycles. The number of halogens is 3. The minimum Gasteiger partial charge on any atom is -0.449 e. The van der Waals surface area contributed by atoms with Gasteiger partial charge in [-0.1, -0.05) is 48.5 Å². The predicted molar refractivity (Wildman–Crippen MR) is 117 cm³/mol. The number of alkyl halides is 3. The topological polar surface area (TPSA) is 107 Å². The van der Waals surface area contributed by atoms with E-state index in [1.807, 2.05) is 48.5 Å². The molecule has 2 unspecified atom stereocenters. The molecule has 3 aromatic rings. The lowest BCUT2D eigenvalue weighted by molar-refractivity contribution is -0.143. The third-order valence-electron chi connectivity index (χ3n) is 5.98. The first-order valence-electron chi connectivity index (χ1n) is 10.8. The van der Waals surface area contributed by atoms with E-state index in [1.54, 1.807) is 0 Å². The lowest BCUT2D eigenvalue weighted by atomic mass is 9.98. The molecule has 0 radical (unpaired) electrons. The van der Waals surface area contributed by atoms with Crippen LogP contribution in [0.3, 0.4) is 0 Å². The van der Waals surface area contributed by atoms with E-state index in [0.717, 1.165) is 22.3 Å². The number of aromatic nitrogens is 2. The van der Waals surface area contributed by atoms with Crippen LogP contribution in [0.5, 0.6) is 0 Å². The molecule has 10 heteroatoms. The van der Waals surface area contributed by atoms with E-state index in [9.17, 15) is 28.2 Å². The minimum absolute atomic E-state index is 0.00312. The lowest BCUT2D eigenvalue weighted by Crippen LogP contribution is -2.31. The van der Waals surface area contributed by atoms with Crippen LogP contribution in [0.25, 0.3) is 11.1 Å². The number of carbonyl (C=O) groups is 1. The van der Waals surface area contributed by atoms with Crippen molar-refractivity contribution in [3.05, 3.63) is 76.6 Å². The SMILES string of the molecule is Cc1[nH]nc(C(F)(F)F)c1C(O)C(O)CCNC(=O)OCC1c2ccccc2-c2ccccc21. The van der Waals surface area contributed by atoms with Crippen molar-refractivity contribution >= 4 is 6.09 Å². The van der Waals surface area contributed by atoms with Crippen LogP contribution in [0.15, 0.2) is 48.5 Å². The number of amides is 1. The van der Waals surface area contributed by atoms with Crippen LogP contribution in [0.2, 0.25) is 0 Å². The zero-order valence-electron chi connectivity index (χ0n) is 18.3. The molecule has 0 bridgehead atoms. The number of ether oxygens (including phenoxy) is 1. The summed E-state index contributed by atoms with van der Waals surface area (Å²) in [6, 6.07) is 15.8. The Labute approximate surface area is 193 Å². The van der Waals surface area contributed by atoms with E-state index >= 15 is 0 Å². The largest absolute Gasteiger partial charge is 0.449 e. The number of fused-ring (bicyclic) bond motifs is 3. The average Bonchev–Trinajstić information content (AvgIpc) is 3.35. The van der Waals surface area contributed by atoms with Gasteiger partial charge in [0.1, 0.15) is 12.7 Å². The number of aromatic amines is 1. The highest BCUT2D eigenvalue weighted by molar-refractivity contribution is 5.79. The standard InChI is InChI=1S/C24H24F3N3O4/c1-13-20(22(30-29-13)24(25,26)27)21(32)19(31)10-11-28-23(33)34-12-18-16-8-4-2-6-14(16)15-7-3-5-9-17(15)18/h2-9,18-19,21,31-32H,10-12H2,1H3,(H,28,33)(H,29,30). The Morgan fingerprint density at radius 2 is 1.71 bits per heavy atom. The van der Waals surface area contributed by atoms with Crippen molar-refractivity contribution in [2.75, 3.05) is 13.2 Å². The van der Waals surface area contributed by atoms with Crippen molar-refractivity contribution in [3.8, 4) is 11.1 Å². The Morgan fingerprint density at radius 1 is 1.12 bits per heavy atom. The smallest absolute Gasteiger partial charge is 0.435 e. The molecule has 1 aliphatic carbocycles. The van der Waals surface area contributed by atoms with Gasteiger partial charge in [0.2, 0.25) is 0 Å². The van der Waals surface area contributed by atoms with Gasteiger partial charge in [-0.3, -0.25) is 5.10 Å². The summed E-state index contributed by atoms with van der Waals surface area (Å²) in [7, 11) is 0. The Hall–Kier alpha value is -3.37. The first kappa shape index (κ1) is 23.8. The highest BCUT2D eigenvalue weighted by Gasteiger charge is 2.40. The zero-order chi connectivity index (χ0) is 24.5. The molecular weight excluding hydrogens is 451 g/mol. The first-order chi connectivity index (χ1) is 16.2. The van der Waals surface area contributed by atoms with Gasteiger partial charge in [-0.25, -0.2) is 4.79 Å². The van der Waals surface area contributed by atoms with E-state index in [0.29, 0.717) is 0 Å². The molecule has 0 aliphatic heterocycles. The van der Waals surface area contributed by atoms with Crippen molar-refractivity contribution in [1.29, 1.82) is 0 Å². The van der Waals surface area contributed by atoms with Crippen LogP contribution in [-0.4, -0.2) is 45.8 Å². The maximum Gasteiger partial charge on any atom is 0.435 e. The number of rotatable bonds is 7. The molecule has 1 heterocycles. The second kappa shape index (κ2) is 9.47. The normalized spacial score (nSPS) is 14.9. The third kappa shape index (κ3) is 4.64. The fraction of sp³-hybridized carbons (Fsp3) is 0.333. The van der Waals surface area contributed by atoms with Crippen molar-refractivity contribution in [1.82, 2.24) is 15.5 Å². The van der Waals surface area contributed by atoms with Crippen LogP contribution < -0.4 is 5.32 Å². The van der Waals surface area contributed by atoms with Crippen molar-refractivity contribution in [2.45, 2.75) is 37.6 Å². The number of nitrogens with zero attached hydrogens (tertiary/aromatic N) is 1. The summed E-state index contributed by atoms with van der Waals surface area (Å²) in [6.07, 6.45) is -9.06. The maximum atomic E-state index is 13.1. The molecule has 2 aromatic carbocycles. The number of benzene rings is 2. The predicted octanol–water partition coefficient (Wildman–Crippen LogP) is 4.06. The van der Waals surface area contributed by atoms with E-state index in [4.69, 9.17) is 4.74 Å². The number of alkyl carbamates (subject to hydrolysis) is 1. The van der Waals surface area contributed by atoms with Crippen LogP contribution in [0.4, 0.5) is 18.0 Å². The third-order valence-corrected chi connectivity index (χ3v) is 5.98. The van der Waals surface area contributed by atoms with Crippen LogP contribution in [0.1, 0.15) is 46.5 Å². The lowest BCUT2D eigenvalue weighted by Gasteiger charge is -2.20. The highest BCUT2D eigenvalue weighted by atomic mass is 19.4. The van der Waals surface area contributed by atoms with Gasteiger partial charge < -0.3 is 20.3 Å². The highest BCUT2D eigenvalue weighted by Crippen LogP contribution is 2.44. The van der Waals surface area contributed by atoms with Gasteiger partial charge in [0.15, 0.2) is 5.69 Å². The number of hydrogen-bond acceptors (Lipinski definition) is 5. The second-order valence-electron chi connectivity index (χ2n) is 8.16. The van der Waals surface area contributed by atoms with Crippen LogP contribution in [-0.2, 0) is 10.9 Å². The van der Waals surface area contributed by atoms with E-state index < -0.39 is 35.7 Å². The molecule has 1 aromatic heterocycles.